The fourth-order valence-corrected chi connectivity index (χ4v) is 1.07. The van der Waals surface area contributed by atoms with Crippen molar-refractivity contribution < 1.29 is 9.50 Å². The molecule has 0 spiro atoms. The first-order chi connectivity index (χ1) is 6.63. The molecule has 14 heavy (non-hydrogen) atoms. The number of rotatable bonds is 4. The SMILES string of the molecule is CCC(O)CNc1ccc(F)cc1N. The third-order valence-electron chi connectivity index (χ3n) is 2.01. The first-order valence-electron chi connectivity index (χ1n) is 4.60. The van der Waals surface area contributed by atoms with Crippen LogP contribution >= 0.6 is 0 Å². The van der Waals surface area contributed by atoms with Gasteiger partial charge >= 0.3 is 0 Å². The summed E-state index contributed by atoms with van der Waals surface area (Å²) in [5, 5.41) is 12.2. The monoisotopic (exact) mass is 198 g/mol. The van der Waals surface area contributed by atoms with Gasteiger partial charge in [-0.3, -0.25) is 0 Å². The van der Waals surface area contributed by atoms with Gasteiger partial charge in [0.1, 0.15) is 5.82 Å². The fourth-order valence-electron chi connectivity index (χ4n) is 1.07. The molecule has 1 rings (SSSR count). The minimum Gasteiger partial charge on any atom is -0.397 e. The van der Waals surface area contributed by atoms with Crippen molar-refractivity contribution in [2.24, 2.45) is 0 Å². The van der Waals surface area contributed by atoms with Crippen LogP contribution in [0.2, 0.25) is 0 Å². The highest BCUT2D eigenvalue weighted by Gasteiger charge is 2.03. The van der Waals surface area contributed by atoms with E-state index in [2.05, 4.69) is 5.32 Å². The van der Waals surface area contributed by atoms with Gasteiger partial charge in [-0.1, -0.05) is 6.92 Å². The molecular formula is C10H15FN2O. The molecule has 0 aliphatic heterocycles. The maximum absolute atomic E-state index is 12.7. The number of hydrogen-bond acceptors (Lipinski definition) is 3. The van der Waals surface area contributed by atoms with Crippen LogP contribution in [0.1, 0.15) is 13.3 Å². The maximum Gasteiger partial charge on any atom is 0.125 e. The molecule has 0 radical (unpaired) electrons. The molecule has 4 N–H and O–H groups in total. The van der Waals surface area contributed by atoms with E-state index in [4.69, 9.17) is 5.73 Å². The van der Waals surface area contributed by atoms with Crippen LogP contribution in [0.5, 0.6) is 0 Å². The third kappa shape index (κ3) is 2.88. The number of nitrogens with two attached hydrogens (primary N) is 1. The molecule has 0 saturated carbocycles. The topological polar surface area (TPSA) is 58.3 Å². The Morgan fingerprint density at radius 3 is 2.86 bits per heavy atom. The lowest BCUT2D eigenvalue weighted by Crippen LogP contribution is -2.18. The van der Waals surface area contributed by atoms with Crippen molar-refractivity contribution in [3.8, 4) is 0 Å². The Morgan fingerprint density at radius 1 is 1.57 bits per heavy atom. The Morgan fingerprint density at radius 2 is 2.29 bits per heavy atom. The second-order valence-corrected chi connectivity index (χ2v) is 3.17. The highest BCUT2D eigenvalue weighted by atomic mass is 19.1. The van der Waals surface area contributed by atoms with Crippen LogP contribution in [0.25, 0.3) is 0 Å². The van der Waals surface area contributed by atoms with Crippen molar-refractivity contribution in [2.45, 2.75) is 19.4 Å². The number of nitrogen functional groups attached to an aromatic ring is 1. The molecule has 0 heterocycles. The number of aliphatic hydroxyl groups is 1. The standard InChI is InChI=1S/C10H15FN2O/c1-2-8(14)6-13-10-4-3-7(11)5-9(10)12/h3-5,8,13-14H,2,6,12H2,1H3. The lowest BCUT2D eigenvalue weighted by atomic mass is 10.2. The van der Waals surface area contributed by atoms with Crippen LogP contribution in [0, 0.1) is 5.82 Å². The molecule has 0 amide bonds. The van der Waals surface area contributed by atoms with E-state index in [1.807, 2.05) is 6.92 Å². The molecule has 1 atom stereocenters. The van der Waals surface area contributed by atoms with Crippen LogP contribution in [0.4, 0.5) is 15.8 Å². The zero-order valence-electron chi connectivity index (χ0n) is 8.13. The van der Waals surface area contributed by atoms with E-state index in [-0.39, 0.29) is 5.82 Å². The molecule has 1 aromatic carbocycles. The van der Waals surface area contributed by atoms with Crippen LogP contribution in [0.15, 0.2) is 18.2 Å². The van der Waals surface area contributed by atoms with Gasteiger partial charge in [-0.2, -0.15) is 0 Å². The van der Waals surface area contributed by atoms with E-state index in [0.717, 1.165) is 0 Å². The average molecular weight is 198 g/mol. The molecule has 0 aromatic heterocycles. The number of anilines is 2. The molecule has 0 aliphatic rings. The van der Waals surface area contributed by atoms with Crippen molar-refractivity contribution >= 4 is 11.4 Å². The van der Waals surface area contributed by atoms with Crippen molar-refractivity contribution in [2.75, 3.05) is 17.6 Å². The summed E-state index contributed by atoms with van der Waals surface area (Å²) in [5.41, 5.74) is 6.57. The van der Waals surface area contributed by atoms with Crippen LogP contribution < -0.4 is 11.1 Å². The zero-order valence-corrected chi connectivity index (χ0v) is 8.13. The zero-order chi connectivity index (χ0) is 10.6. The lowest BCUT2D eigenvalue weighted by molar-refractivity contribution is 0.183. The average Bonchev–Trinajstić information content (AvgIpc) is 2.16. The van der Waals surface area contributed by atoms with Crippen molar-refractivity contribution in [3.63, 3.8) is 0 Å². The summed E-state index contributed by atoms with van der Waals surface area (Å²) in [5.74, 6) is -0.357. The molecule has 0 fully saturated rings. The van der Waals surface area contributed by atoms with E-state index >= 15 is 0 Å². The third-order valence-corrected chi connectivity index (χ3v) is 2.01. The summed E-state index contributed by atoms with van der Waals surface area (Å²) in [4.78, 5) is 0. The smallest absolute Gasteiger partial charge is 0.125 e. The van der Waals surface area contributed by atoms with Gasteiger partial charge in [-0.15, -0.1) is 0 Å². The minimum absolute atomic E-state index is 0.355. The van der Waals surface area contributed by atoms with Crippen LogP contribution in [-0.2, 0) is 0 Å². The van der Waals surface area contributed by atoms with E-state index in [0.29, 0.717) is 24.3 Å². The molecule has 3 nitrogen and oxygen atoms in total. The summed E-state index contributed by atoms with van der Waals surface area (Å²) >= 11 is 0. The van der Waals surface area contributed by atoms with Gasteiger partial charge in [0.25, 0.3) is 0 Å². The van der Waals surface area contributed by atoms with Crippen molar-refractivity contribution in [1.82, 2.24) is 0 Å². The first kappa shape index (κ1) is 10.8. The Labute approximate surface area is 82.7 Å². The molecule has 0 saturated heterocycles. The number of aliphatic hydroxyl groups excluding tert-OH is 1. The fraction of sp³-hybridized carbons (Fsp3) is 0.400. The van der Waals surface area contributed by atoms with Gasteiger partial charge in [0.2, 0.25) is 0 Å². The van der Waals surface area contributed by atoms with Gasteiger partial charge in [0, 0.05) is 6.54 Å². The number of benzene rings is 1. The summed E-state index contributed by atoms with van der Waals surface area (Å²) < 4.78 is 12.7. The maximum atomic E-state index is 12.7. The first-order valence-corrected chi connectivity index (χ1v) is 4.60. The molecule has 0 bridgehead atoms. The molecule has 1 aromatic rings. The molecule has 4 heteroatoms. The number of halogens is 1. The summed E-state index contributed by atoms with van der Waals surface area (Å²) in [6, 6.07) is 4.14. The largest absolute Gasteiger partial charge is 0.397 e. The Hall–Kier alpha value is -1.29. The normalized spacial score (nSPS) is 12.5. The number of nitrogens with one attached hydrogen (secondary N) is 1. The second-order valence-electron chi connectivity index (χ2n) is 3.17. The van der Waals surface area contributed by atoms with E-state index in [1.165, 1.54) is 12.1 Å². The van der Waals surface area contributed by atoms with Gasteiger partial charge in [-0.25, -0.2) is 4.39 Å². The Balaban J connectivity index is 2.59. The predicted molar refractivity (Wildman–Crippen MR) is 55.6 cm³/mol. The Bertz CT molecular complexity index is 304. The minimum atomic E-state index is -0.403. The summed E-state index contributed by atoms with van der Waals surface area (Å²) in [6.45, 7) is 2.31. The summed E-state index contributed by atoms with van der Waals surface area (Å²) in [7, 11) is 0. The van der Waals surface area contributed by atoms with E-state index in [9.17, 15) is 9.50 Å². The van der Waals surface area contributed by atoms with Crippen LogP contribution in [0.3, 0.4) is 0 Å². The quantitative estimate of drug-likeness (QED) is 0.644. The number of hydrogen-bond donors (Lipinski definition) is 3. The van der Waals surface area contributed by atoms with Crippen molar-refractivity contribution in [3.05, 3.63) is 24.0 Å². The van der Waals surface area contributed by atoms with Gasteiger partial charge in [0.05, 0.1) is 17.5 Å². The molecule has 1 unspecified atom stereocenters. The molecular weight excluding hydrogens is 183 g/mol. The van der Waals surface area contributed by atoms with Crippen LogP contribution in [-0.4, -0.2) is 17.8 Å². The van der Waals surface area contributed by atoms with Gasteiger partial charge < -0.3 is 16.2 Å². The lowest BCUT2D eigenvalue weighted by Gasteiger charge is -2.12. The highest BCUT2D eigenvalue weighted by molar-refractivity contribution is 5.65. The molecule has 78 valence electrons. The Kier molecular flexibility index (Phi) is 3.71. The highest BCUT2D eigenvalue weighted by Crippen LogP contribution is 2.18. The van der Waals surface area contributed by atoms with E-state index in [1.54, 1.807) is 6.07 Å². The van der Waals surface area contributed by atoms with Crippen molar-refractivity contribution in [1.29, 1.82) is 0 Å². The molecule has 0 aliphatic carbocycles. The van der Waals surface area contributed by atoms with Gasteiger partial charge in [0.15, 0.2) is 0 Å². The van der Waals surface area contributed by atoms with Gasteiger partial charge in [-0.05, 0) is 24.6 Å². The predicted octanol–water partition coefficient (Wildman–Crippen LogP) is 1.59. The summed E-state index contributed by atoms with van der Waals surface area (Å²) in [6.07, 6.45) is 0.271. The second kappa shape index (κ2) is 4.81. The van der Waals surface area contributed by atoms with E-state index < -0.39 is 6.10 Å².